The number of halogens is 3. The van der Waals surface area contributed by atoms with Gasteiger partial charge in [-0.1, -0.05) is 23.2 Å². The van der Waals surface area contributed by atoms with E-state index in [9.17, 15) is 9.18 Å². The minimum atomic E-state index is -0.367. The lowest BCUT2D eigenvalue weighted by Gasteiger charge is -2.20. The number of rotatable bonds is 8. The second-order valence-electron chi connectivity index (χ2n) is 9.99. The van der Waals surface area contributed by atoms with Crippen LogP contribution in [0.25, 0.3) is 33.3 Å². The van der Waals surface area contributed by atoms with E-state index < -0.39 is 0 Å². The summed E-state index contributed by atoms with van der Waals surface area (Å²) in [6.07, 6.45) is 1.56. The third-order valence-corrected chi connectivity index (χ3v) is 7.72. The molecule has 0 aliphatic carbocycles. The van der Waals surface area contributed by atoms with Crippen molar-refractivity contribution in [2.45, 2.75) is 13.1 Å². The Bertz CT molecular complexity index is 2100. The molecule has 3 N–H and O–H groups in total. The second kappa shape index (κ2) is 11.0. The Balaban J connectivity index is 1.12. The molecule has 1 amide bonds. The lowest BCUT2D eigenvalue weighted by Crippen LogP contribution is -2.30. The van der Waals surface area contributed by atoms with Gasteiger partial charge in [-0.2, -0.15) is 0 Å². The Labute approximate surface area is 254 Å². The van der Waals surface area contributed by atoms with E-state index in [1.165, 1.54) is 12.1 Å². The van der Waals surface area contributed by atoms with Crippen LogP contribution in [0.5, 0.6) is 0 Å². The number of H-pyrrole nitrogens is 2. The first kappa shape index (κ1) is 26.9. The van der Waals surface area contributed by atoms with Gasteiger partial charge in [0.05, 0.1) is 40.4 Å². The topological polar surface area (TPSA) is 103 Å². The number of hydrogen-bond donors (Lipinski definition) is 3. The SMILES string of the molecule is O=C(c1cc2cc(F)ccc2[nH]1)N(Cc1ccco1)Cc1ccc(-c2ccc3nc(Nc4ccc(Cl)c(Cl)c4)[nH]c3c2)o1. The van der Waals surface area contributed by atoms with Crippen LogP contribution in [0, 0.1) is 5.82 Å². The lowest BCUT2D eigenvalue weighted by molar-refractivity contribution is 0.0700. The first-order valence-corrected chi connectivity index (χ1v) is 14.0. The van der Waals surface area contributed by atoms with Crippen molar-refractivity contribution in [1.82, 2.24) is 19.9 Å². The maximum Gasteiger partial charge on any atom is 0.271 e. The zero-order valence-electron chi connectivity index (χ0n) is 22.3. The molecule has 0 spiro atoms. The summed E-state index contributed by atoms with van der Waals surface area (Å²) in [5, 5.41) is 4.74. The third kappa shape index (κ3) is 5.60. The summed E-state index contributed by atoms with van der Waals surface area (Å²) in [7, 11) is 0. The molecule has 0 saturated carbocycles. The molecule has 0 atom stereocenters. The number of nitrogens with zero attached hydrogens (tertiary/aromatic N) is 2. The van der Waals surface area contributed by atoms with Gasteiger partial charge in [0, 0.05) is 22.2 Å². The number of amides is 1. The minimum absolute atomic E-state index is 0.188. The number of imidazole rings is 1. The number of aromatic amines is 2. The Hall–Kier alpha value is -4.99. The van der Waals surface area contributed by atoms with Crippen LogP contribution in [0.1, 0.15) is 22.0 Å². The molecule has 7 rings (SSSR count). The molecule has 8 nitrogen and oxygen atoms in total. The summed E-state index contributed by atoms with van der Waals surface area (Å²) in [6.45, 7) is 0.410. The monoisotopic (exact) mass is 613 g/mol. The number of furan rings is 2. The van der Waals surface area contributed by atoms with Crippen LogP contribution in [-0.4, -0.2) is 25.8 Å². The number of fused-ring (bicyclic) bond motifs is 2. The number of carbonyl (C=O) groups excluding carboxylic acids is 1. The van der Waals surface area contributed by atoms with E-state index in [4.69, 9.17) is 32.0 Å². The molecule has 11 heteroatoms. The van der Waals surface area contributed by atoms with E-state index in [0.717, 1.165) is 22.3 Å². The van der Waals surface area contributed by atoms with Crippen LogP contribution >= 0.6 is 23.2 Å². The smallest absolute Gasteiger partial charge is 0.271 e. The van der Waals surface area contributed by atoms with Gasteiger partial charge in [-0.05, 0) is 84.9 Å². The Morgan fingerprint density at radius 2 is 1.77 bits per heavy atom. The van der Waals surface area contributed by atoms with Crippen LogP contribution in [-0.2, 0) is 13.1 Å². The maximum atomic E-state index is 13.7. The Morgan fingerprint density at radius 3 is 2.60 bits per heavy atom. The highest BCUT2D eigenvalue weighted by Gasteiger charge is 2.22. The summed E-state index contributed by atoms with van der Waals surface area (Å²) in [4.78, 5) is 26.2. The van der Waals surface area contributed by atoms with Gasteiger partial charge in [0.15, 0.2) is 0 Å². The minimum Gasteiger partial charge on any atom is -0.467 e. The molecule has 0 saturated heterocycles. The molecular weight excluding hydrogens is 592 g/mol. The van der Waals surface area contributed by atoms with Gasteiger partial charge in [0.2, 0.25) is 5.95 Å². The van der Waals surface area contributed by atoms with Gasteiger partial charge in [-0.15, -0.1) is 0 Å². The predicted octanol–water partition coefficient (Wildman–Crippen LogP) is 8.93. The standard InChI is InChI=1S/C32H22Cl2FN5O3/c33-24-7-5-21(15-25(24)34)36-32-38-27-8-3-18(13-28(27)39-32)30-10-6-23(43-30)17-40(16-22-2-1-11-42-22)31(41)29-14-19-12-20(35)4-9-26(19)37-29/h1-15,37H,16-17H2,(H2,36,38,39). The van der Waals surface area contributed by atoms with Crippen LogP contribution in [0.15, 0.2) is 100 Å². The van der Waals surface area contributed by atoms with Gasteiger partial charge in [0.1, 0.15) is 28.8 Å². The first-order chi connectivity index (χ1) is 20.9. The Kier molecular flexibility index (Phi) is 6.89. The normalized spacial score (nSPS) is 11.4. The lowest BCUT2D eigenvalue weighted by atomic mass is 10.1. The number of nitrogens with one attached hydrogen (secondary N) is 3. The zero-order chi connectivity index (χ0) is 29.5. The number of carbonyl (C=O) groups is 1. The maximum absolute atomic E-state index is 13.7. The first-order valence-electron chi connectivity index (χ1n) is 13.3. The largest absolute Gasteiger partial charge is 0.467 e. The van der Waals surface area contributed by atoms with E-state index in [2.05, 4.69) is 20.3 Å². The molecule has 4 aromatic heterocycles. The third-order valence-electron chi connectivity index (χ3n) is 6.98. The van der Waals surface area contributed by atoms with Crippen LogP contribution in [0.2, 0.25) is 10.0 Å². The van der Waals surface area contributed by atoms with E-state index in [0.29, 0.717) is 49.9 Å². The van der Waals surface area contributed by atoms with Gasteiger partial charge in [-0.25, -0.2) is 9.37 Å². The fourth-order valence-corrected chi connectivity index (χ4v) is 5.22. The summed E-state index contributed by atoms with van der Waals surface area (Å²) in [5.41, 5.74) is 4.18. The van der Waals surface area contributed by atoms with Gasteiger partial charge in [-0.3, -0.25) is 4.79 Å². The molecule has 0 unspecified atom stereocenters. The zero-order valence-corrected chi connectivity index (χ0v) is 23.8. The number of hydrogen-bond acceptors (Lipinski definition) is 5. The van der Waals surface area contributed by atoms with Crippen molar-refractivity contribution in [3.05, 3.63) is 124 Å². The predicted molar refractivity (Wildman–Crippen MR) is 164 cm³/mol. The summed E-state index contributed by atoms with van der Waals surface area (Å²) in [6, 6.07) is 24.3. The molecule has 0 aliphatic rings. The Morgan fingerprint density at radius 1 is 0.884 bits per heavy atom. The second-order valence-corrected chi connectivity index (χ2v) is 10.8. The summed E-state index contributed by atoms with van der Waals surface area (Å²) in [5.74, 6) is 1.76. The van der Waals surface area contributed by atoms with Gasteiger partial charge < -0.3 is 29.0 Å². The number of anilines is 2. The van der Waals surface area contributed by atoms with Crippen LogP contribution in [0.3, 0.4) is 0 Å². The number of benzene rings is 3. The highest BCUT2D eigenvalue weighted by Crippen LogP contribution is 2.30. The summed E-state index contributed by atoms with van der Waals surface area (Å²) >= 11 is 12.2. The van der Waals surface area contributed by atoms with Crippen molar-refractivity contribution in [2.24, 2.45) is 0 Å². The quantitative estimate of drug-likeness (QED) is 0.159. The molecule has 0 bridgehead atoms. The van der Waals surface area contributed by atoms with E-state index in [1.54, 1.807) is 47.6 Å². The molecule has 4 heterocycles. The van der Waals surface area contributed by atoms with Crippen molar-refractivity contribution < 1.29 is 18.0 Å². The van der Waals surface area contributed by atoms with Crippen LogP contribution in [0.4, 0.5) is 16.0 Å². The molecule has 0 radical (unpaired) electrons. The van der Waals surface area contributed by atoms with Crippen molar-refractivity contribution in [3.8, 4) is 11.3 Å². The van der Waals surface area contributed by atoms with Crippen LogP contribution < -0.4 is 5.32 Å². The molecular formula is C32H22Cl2FN5O3. The molecule has 3 aromatic carbocycles. The van der Waals surface area contributed by atoms with E-state index in [1.807, 2.05) is 36.4 Å². The van der Waals surface area contributed by atoms with Crippen molar-refractivity contribution in [1.29, 1.82) is 0 Å². The molecule has 214 valence electrons. The molecule has 0 aliphatic heterocycles. The molecule has 0 fully saturated rings. The van der Waals surface area contributed by atoms with Crippen molar-refractivity contribution in [3.63, 3.8) is 0 Å². The van der Waals surface area contributed by atoms with E-state index in [-0.39, 0.29) is 24.8 Å². The van der Waals surface area contributed by atoms with Gasteiger partial charge in [0.25, 0.3) is 5.91 Å². The van der Waals surface area contributed by atoms with Crippen molar-refractivity contribution in [2.75, 3.05) is 5.32 Å². The van der Waals surface area contributed by atoms with E-state index >= 15 is 0 Å². The fraction of sp³-hybridized carbons (Fsp3) is 0.0625. The van der Waals surface area contributed by atoms with Gasteiger partial charge >= 0.3 is 0 Å². The average molecular weight is 614 g/mol. The highest BCUT2D eigenvalue weighted by molar-refractivity contribution is 6.42. The number of aromatic nitrogens is 3. The molecule has 43 heavy (non-hydrogen) atoms. The van der Waals surface area contributed by atoms with Crippen molar-refractivity contribution >= 4 is 62.7 Å². The highest BCUT2D eigenvalue weighted by atomic mass is 35.5. The molecule has 7 aromatic rings. The average Bonchev–Trinajstić information content (AvgIpc) is 3.80. The fourth-order valence-electron chi connectivity index (χ4n) is 4.92. The summed E-state index contributed by atoms with van der Waals surface area (Å²) < 4.78 is 25.4.